The highest BCUT2D eigenvalue weighted by Gasteiger charge is 2.24. The first-order chi connectivity index (χ1) is 7.86. The Labute approximate surface area is 94.5 Å². The van der Waals surface area contributed by atoms with Gasteiger partial charge in [-0.15, -0.1) is 0 Å². The van der Waals surface area contributed by atoms with Gasteiger partial charge in [-0.1, -0.05) is 0 Å². The van der Waals surface area contributed by atoms with Crippen molar-refractivity contribution in [3.63, 3.8) is 0 Å². The molecule has 5 heteroatoms. The molecule has 1 atom stereocenters. The summed E-state index contributed by atoms with van der Waals surface area (Å²) in [5.74, 6) is 0.814. The molecule has 1 aromatic rings. The molecule has 0 aliphatic carbocycles. The predicted molar refractivity (Wildman–Crippen MR) is 59.1 cm³/mol. The average molecular weight is 223 g/mol. The minimum Gasteiger partial charge on any atom is -0.384 e. The first kappa shape index (κ1) is 10.1. The van der Waals surface area contributed by atoms with E-state index in [-0.39, 0.29) is 0 Å². The van der Waals surface area contributed by atoms with E-state index in [2.05, 4.69) is 5.10 Å². The smallest absolute Gasteiger partial charge is 0.125 e. The number of nitrogens with zero attached hydrogens (tertiary/aromatic N) is 2. The summed E-state index contributed by atoms with van der Waals surface area (Å²) in [4.78, 5) is 0. The zero-order chi connectivity index (χ0) is 11.0. The fourth-order valence-corrected chi connectivity index (χ4v) is 2.46. The molecule has 3 rings (SSSR count). The lowest BCUT2D eigenvalue weighted by Crippen LogP contribution is -2.23. The van der Waals surface area contributed by atoms with Gasteiger partial charge < -0.3 is 15.2 Å². The van der Waals surface area contributed by atoms with E-state index >= 15 is 0 Å². The highest BCUT2D eigenvalue weighted by molar-refractivity contribution is 5.44. The van der Waals surface area contributed by atoms with Crippen LogP contribution in [0.4, 0.5) is 5.82 Å². The molecule has 2 N–H and O–H groups in total. The van der Waals surface area contributed by atoms with Crippen LogP contribution in [0.25, 0.3) is 0 Å². The van der Waals surface area contributed by atoms with E-state index in [0.717, 1.165) is 50.6 Å². The van der Waals surface area contributed by atoms with Crippen LogP contribution < -0.4 is 5.73 Å². The van der Waals surface area contributed by atoms with Crippen LogP contribution in [0.5, 0.6) is 0 Å². The van der Waals surface area contributed by atoms with E-state index in [1.165, 1.54) is 5.56 Å². The summed E-state index contributed by atoms with van der Waals surface area (Å²) in [5.41, 5.74) is 8.33. The number of hydrogen-bond donors (Lipinski definition) is 1. The van der Waals surface area contributed by atoms with Crippen LogP contribution in [-0.2, 0) is 22.5 Å². The first-order valence-electron chi connectivity index (χ1n) is 5.87. The number of nitrogens with two attached hydrogens (primary N) is 1. The quantitative estimate of drug-likeness (QED) is 0.768. The number of rotatable bonds is 1. The summed E-state index contributed by atoms with van der Waals surface area (Å²) in [6, 6.07) is 0.305. The number of ether oxygens (including phenoxy) is 2. The summed E-state index contributed by atoms with van der Waals surface area (Å²) >= 11 is 0. The number of hydrogen-bond acceptors (Lipinski definition) is 4. The van der Waals surface area contributed by atoms with E-state index < -0.39 is 0 Å². The van der Waals surface area contributed by atoms with Crippen LogP contribution >= 0.6 is 0 Å². The largest absolute Gasteiger partial charge is 0.384 e. The van der Waals surface area contributed by atoms with Gasteiger partial charge in [0.05, 0.1) is 31.6 Å². The monoisotopic (exact) mass is 223 g/mol. The molecule has 0 saturated carbocycles. The van der Waals surface area contributed by atoms with Gasteiger partial charge in [0, 0.05) is 18.6 Å². The molecule has 2 aliphatic heterocycles. The van der Waals surface area contributed by atoms with Gasteiger partial charge in [0.25, 0.3) is 0 Å². The van der Waals surface area contributed by atoms with Crippen molar-refractivity contribution in [2.75, 3.05) is 25.6 Å². The lowest BCUT2D eigenvalue weighted by molar-refractivity contribution is 0.0550. The number of fused-ring (bicyclic) bond motifs is 1. The maximum absolute atomic E-state index is 6.14. The highest BCUT2D eigenvalue weighted by Crippen LogP contribution is 2.28. The van der Waals surface area contributed by atoms with Crippen molar-refractivity contribution >= 4 is 5.82 Å². The van der Waals surface area contributed by atoms with Gasteiger partial charge in [0.1, 0.15) is 5.82 Å². The van der Waals surface area contributed by atoms with Crippen LogP contribution in [0.2, 0.25) is 0 Å². The fraction of sp³-hybridized carbons (Fsp3) is 0.727. The summed E-state index contributed by atoms with van der Waals surface area (Å²) in [6.07, 6.45) is 3.07. The first-order valence-corrected chi connectivity index (χ1v) is 5.87. The molecule has 3 heterocycles. The normalized spacial score (nSPS) is 25.4. The summed E-state index contributed by atoms with van der Waals surface area (Å²) < 4.78 is 12.8. The molecular weight excluding hydrogens is 206 g/mol. The number of nitrogen functional groups attached to an aromatic ring is 1. The molecule has 0 radical (unpaired) electrons. The van der Waals surface area contributed by atoms with E-state index in [9.17, 15) is 0 Å². The summed E-state index contributed by atoms with van der Waals surface area (Å²) in [7, 11) is 0. The SMILES string of the molecule is Nc1c2c(nn1C1CCCOC1)COCC2. The standard InChI is InChI=1S/C11H17N3O2/c12-11-9-3-5-16-7-10(9)13-14(11)8-2-1-4-15-6-8/h8H,1-7,12H2. The Hall–Kier alpha value is -1.07. The highest BCUT2D eigenvalue weighted by atomic mass is 16.5. The van der Waals surface area contributed by atoms with Crippen molar-refractivity contribution in [3.05, 3.63) is 11.3 Å². The number of anilines is 1. The van der Waals surface area contributed by atoms with Crippen LogP contribution in [-0.4, -0.2) is 29.6 Å². The Balaban J connectivity index is 1.91. The third kappa shape index (κ3) is 1.60. The molecule has 2 aliphatic rings. The van der Waals surface area contributed by atoms with Gasteiger partial charge in [0.2, 0.25) is 0 Å². The van der Waals surface area contributed by atoms with Crippen molar-refractivity contribution in [1.29, 1.82) is 0 Å². The molecule has 1 saturated heterocycles. The minimum atomic E-state index is 0.305. The van der Waals surface area contributed by atoms with E-state index in [1.807, 2.05) is 4.68 Å². The van der Waals surface area contributed by atoms with Gasteiger partial charge in [-0.25, -0.2) is 4.68 Å². The van der Waals surface area contributed by atoms with E-state index in [0.29, 0.717) is 12.6 Å². The van der Waals surface area contributed by atoms with Gasteiger partial charge in [-0.05, 0) is 12.8 Å². The molecule has 0 bridgehead atoms. The lowest BCUT2D eigenvalue weighted by atomic mass is 10.1. The lowest BCUT2D eigenvalue weighted by Gasteiger charge is -2.23. The van der Waals surface area contributed by atoms with Crippen molar-refractivity contribution in [1.82, 2.24) is 9.78 Å². The zero-order valence-electron chi connectivity index (χ0n) is 9.32. The Bertz CT molecular complexity index is 383. The zero-order valence-corrected chi connectivity index (χ0v) is 9.32. The van der Waals surface area contributed by atoms with Crippen molar-refractivity contribution < 1.29 is 9.47 Å². The third-order valence-electron chi connectivity index (χ3n) is 3.35. The Morgan fingerprint density at radius 1 is 1.31 bits per heavy atom. The van der Waals surface area contributed by atoms with Gasteiger partial charge >= 0.3 is 0 Å². The molecule has 1 unspecified atom stereocenters. The molecular formula is C11H17N3O2. The predicted octanol–water partition coefficient (Wildman–Crippen LogP) is 0.889. The third-order valence-corrected chi connectivity index (χ3v) is 3.35. The van der Waals surface area contributed by atoms with Crippen molar-refractivity contribution in [3.8, 4) is 0 Å². The second-order valence-electron chi connectivity index (χ2n) is 4.43. The minimum absolute atomic E-state index is 0.305. The molecule has 5 nitrogen and oxygen atoms in total. The molecule has 1 aromatic heterocycles. The van der Waals surface area contributed by atoms with E-state index in [1.54, 1.807) is 0 Å². The maximum atomic E-state index is 6.14. The molecule has 1 fully saturated rings. The molecule has 0 spiro atoms. The average Bonchev–Trinajstić information content (AvgIpc) is 2.69. The Morgan fingerprint density at radius 3 is 3.00 bits per heavy atom. The maximum Gasteiger partial charge on any atom is 0.125 e. The summed E-state index contributed by atoms with van der Waals surface area (Å²) in [5, 5.41) is 4.56. The van der Waals surface area contributed by atoms with Crippen molar-refractivity contribution in [2.24, 2.45) is 0 Å². The number of aromatic nitrogens is 2. The van der Waals surface area contributed by atoms with Crippen LogP contribution in [0.1, 0.15) is 30.1 Å². The Morgan fingerprint density at radius 2 is 2.25 bits per heavy atom. The molecule has 0 amide bonds. The fourth-order valence-electron chi connectivity index (χ4n) is 2.46. The van der Waals surface area contributed by atoms with Gasteiger partial charge in [0.15, 0.2) is 0 Å². The van der Waals surface area contributed by atoms with Gasteiger partial charge in [-0.2, -0.15) is 5.10 Å². The van der Waals surface area contributed by atoms with E-state index in [4.69, 9.17) is 15.2 Å². The second-order valence-corrected chi connectivity index (χ2v) is 4.43. The van der Waals surface area contributed by atoms with Crippen LogP contribution in [0.3, 0.4) is 0 Å². The molecule has 88 valence electrons. The molecule has 16 heavy (non-hydrogen) atoms. The molecule has 0 aromatic carbocycles. The topological polar surface area (TPSA) is 62.3 Å². The second kappa shape index (κ2) is 4.07. The van der Waals surface area contributed by atoms with Gasteiger partial charge in [-0.3, -0.25) is 0 Å². The van der Waals surface area contributed by atoms with Crippen molar-refractivity contribution in [2.45, 2.75) is 31.9 Å². The van der Waals surface area contributed by atoms with Crippen LogP contribution in [0, 0.1) is 0 Å². The Kier molecular flexibility index (Phi) is 2.57. The van der Waals surface area contributed by atoms with Crippen LogP contribution in [0.15, 0.2) is 0 Å². The summed E-state index contributed by atoms with van der Waals surface area (Å²) in [6.45, 7) is 2.94.